The first-order chi connectivity index (χ1) is 8.11. The summed E-state index contributed by atoms with van der Waals surface area (Å²) in [7, 11) is 0. The van der Waals surface area contributed by atoms with Gasteiger partial charge in [0.25, 0.3) is 5.69 Å². The summed E-state index contributed by atoms with van der Waals surface area (Å²) in [5.41, 5.74) is 6.04. The van der Waals surface area contributed by atoms with Crippen molar-refractivity contribution in [3.8, 4) is 11.5 Å². The number of halogens is 1. The topological polar surface area (TPSA) is 95.2 Å². The summed E-state index contributed by atoms with van der Waals surface area (Å²) in [4.78, 5) is 14.4. The Balaban J connectivity index is 2.54. The van der Waals surface area contributed by atoms with Crippen LogP contribution in [0.1, 0.15) is 5.69 Å². The lowest BCUT2D eigenvalue weighted by atomic mass is 10.2. The predicted octanol–water partition coefficient (Wildman–Crippen LogP) is 2.36. The molecule has 7 heteroatoms. The Morgan fingerprint density at radius 2 is 2.29 bits per heavy atom. The van der Waals surface area contributed by atoms with Gasteiger partial charge in [-0.05, 0) is 12.1 Å². The standard InChI is InChI=1S/C10H8ClN3O3/c11-6-1-2-8(9(3-6)14(15)16)10-13-7(4-12)5-17-10/h1-3,5H,4,12H2. The average molecular weight is 254 g/mol. The molecule has 0 amide bonds. The van der Waals surface area contributed by atoms with Gasteiger partial charge in [-0.25, -0.2) is 4.98 Å². The van der Waals surface area contributed by atoms with Crippen LogP contribution in [0.15, 0.2) is 28.9 Å². The fourth-order valence-electron chi connectivity index (χ4n) is 1.36. The lowest BCUT2D eigenvalue weighted by Gasteiger charge is -1.98. The Kier molecular flexibility index (Phi) is 3.08. The molecule has 0 bridgehead atoms. The number of hydrogen-bond acceptors (Lipinski definition) is 5. The Labute approximate surface area is 101 Å². The van der Waals surface area contributed by atoms with Crippen molar-refractivity contribution in [3.63, 3.8) is 0 Å². The van der Waals surface area contributed by atoms with E-state index in [0.717, 1.165) is 0 Å². The molecule has 0 saturated carbocycles. The van der Waals surface area contributed by atoms with Crippen LogP contribution >= 0.6 is 11.6 Å². The van der Waals surface area contributed by atoms with Crippen LogP contribution in [0.25, 0.3) is 11.5 Å². The molecular formula is C10H8ClN3O3. The fraction of sp³-hybridized carbons (Fsp3) is 0.100. The third-order valence-corrected chi connectivity index (χ3v) is 2.38. The average Bonchev–Trinajstić information content (AvgIpc) is 2.77. The molecule has 0 aliphatic heterocycles. The van der Waals surface area contributed by atoms with Gasteiger partial charge in [0.1, 0.15) is 11.8 Å². The number of aromatic nitrogens is 1. The van der Waals surface area contributed by atoms with Crippen LogP contribution in [0.4, 0.5) is 5.69 Å². The van der Waals surface area contributed by atoms with E-state index >= 15 is 0 Å². The minimum Gasteiger partial charge on any atom is -0.444 e. The Morgan fingerprint density at radius 3 is 2.88 bits per heavy atom. The highest BCUT2D eigenvalue weighted by molar-refractivity contribution is 6.30. The molecule has 0 radical (unpaired) electrons. The molecule has 1 heterocycles. The number of nitrogens with two attached hydrogens (primary N) is 1. The summed E-state index contributed by atoms with van der Waals surface area (Å²) in [5.74, 6) is 0.161. The van der Waals surface area contributed by atoms with Crippen LogP contribution in [0.3, 0.4) is 0 Å². The van der Waals surface area contributed by atoms with E-state index in [0.29, 0.717) is 5.69 Å². The zero-order valence-corrected chi connectivity index (χ0v) is 9.35. The lowest BCUT2D eigenvalue weighted by molar-refractivity contribution is -0.384. The van der Waals surface area contributed by atoms with Gasteiger partial charge in [0.15, 0.2) is 0 Å². The van der Waals surface area contributed by atoms with Crippen LogP contribution < -0.4 is 5.73 Å². The van der Waals surface area contributed by atoms with Crippen LogP contribution in [-0.4, -0.2) is 9.91 Å². The first-order valence-electron chi connectivity index (χ1n) is 4.70. The fourth-order valence-corrected chi connectivity index (χ4v) is 1.53. The second kappa shape index (κ2) is 4.52. The summed E-state index contributed by atoms with van der Waals surface area (Å²) in [6.07, 6.45) is 1.37. The van der Waals surface area contributed by atoms with Gasteiger partial charge in [-0.1, -0.05) is 11.6 Å². The molecule has 0 aliphatic rings. The zero-order valence-electron chi connectivity index (χ0n) is 8.59. The van der Waals surface area contributed by atoms with E-state index in [9.17, 15) is 10.1 Å². The van der Waals surface area contributed by atoms with Crippen molar-refractivity contribution < 1.29 is 9.34 Å². The summed E-state index contributed by atoms with van der Waals surface area (Å²) in [5, 5.41) is 11.2. The highest BCUT2D eigenvalue weighted by Crippen LogP contribution is 2.31. The third-order valence-electron chi connectivity index (χ3n) is 2.15. The van der Waals surface area contributed by atoms with Crippen LogP contribution in [0.2, 0.25) is 5.02 Å². The number of nitro benzene ring substituents is 1. The molecule has 1 aromatic carbocycles. The van der Waals surface area contributed by atoms with Crippen molar-refractivity contribution in [1.29, 1.82) is 0 Å². The van der Waals surface area contributed by atoms with Gasteiger partial charge in [0, 0.05) is 17.6 Å². The van der Waals surface area contributed by atoms with E-state index in [4.69, 9.17) is 21.8 Å². The maximum atomic E-state index is 10.9. The SMILES string of the molecule is NCc1coc(-c2ccc(Cl)cc2[N+](=O)[O-])n1. The minimum atomic E-state index is -0.534. The van der Waals surface area contributed by atoms with E-state index in [1.165, 1.54) is 24.5 Å². The molecule has 2 rings (SSSR count). The zero-order chi connectivity index (χ0) is 12.4. The second-order valence-electron chi connectivity index (χ2n) is 3.27. The molecule has 2 N–H and O–H groups in total. The first-order valence-corrected chi connectivity index (χ1v) is 5.08. The Bertz CT molecular complexity index is 568. The highest BCUT2D eigenvalue weighted by Gasteiger charge is 2.19. The second-order valence-corrected chi connectivity index (χ2v) is 3.70. The Hall–Kier alpha value is -1.92. The van der Waals surface area contributed by atoms with Crippen molar-refractivity contribution in [3.05, 3.63) is 45.3 Å². The number of rotatable bonds is 3. The molecule has 1 aromatic heterocycles. The van der Waals surface area contributed by atoms with Crippen molar-refractivity contribution in [1.82, 2.24) is 4.98 Å². The lowest BCUT2D eigenvalue weighted by Crippen LogP contribution is -1.96. The first kappa shape index (κ1) is 11.6. The molecule has 0 aliphatic carbocycles. The van der Waals surface area contributed by atoms with Gasteiger partial charge in [-0.2, -0.15) is 0 Å². The minimum absolute atomic E-state index is 0.150. The summed E-state index contributed by atoms with van der Waals surface area (Å²) >= 11 is 5.71. The van der Waals surface area contributed by atoms with Gasteiger partial charge in [0.05, 0.1) is 10.6 Å². The van der Waals surface area contributed by atoms with E-state index in [2.05, 4.69) is 4.98 Å². The third kappa shape index (κ3) is 2.27. The molecular weight excluding hydrogens is 246 g/mol. The summed E-state index contributed by atoms with van der Waals surface area (Å²) in [6.45, 7) is 0.213. The molecule has 0 saturated heterocycles. The quantitative estimate of drug-likeness (QED) is 0.669. The van der Waals surface area contributed by atoms with Crippen molar-refractivity contribution in [2.45, 2.75) is 6.54 Å². The highest BCUT2D eigenvalue weighted by atomic mass is 35.5. The van der Waals surface area contributed by atoms with E-state index in [-0.39, 0.29) is 28.7 Å². The molecule has 0 fully saturated rings. The monoisotopic (exact) mass is 253 g/mol. The molecule has 0 spiro atoms. The molecule has 88 valence electrons. The summed E-state index contributed by atoms with van der Waals surface area (Å²) < 4.78 is 5.13. The number of oxazole rings is 1. The molecule has 0 atom stereocenters. The van der Waals surface area contributed by atoms with Crippen LogP contribution in [0, 0.1) is 10.1 Å². The van der Waals surface area contributed by atoms with E-state index in [1.54, 1.807) is 0 Å². The number of nitrogens with zero attached hydrogens (tertiary/aromatic N) is 2. The van der Waals surface area contributed by atoms with Crippen molar-refractivity contribution in [2.24, 2.45) is 5.73 Å². The number of hydrogen-bond donors (Lipinski definition) is 1. The van der Waals surface area contributed by atoms with Gasteiger partial charge in [0.2, 0.25) is 5.89 Å². The molecule has 6 nitrogen and oxygen atoms in total. The van der Waals surface area contributed by atoms with Gasteiger partial charge < -0.3 is 10.2 Å². The maximum Gasteiger partial charge on any atom is 0.283 e. The largest absolute Gasteiger partial charge is 0.444 e. The van der Waals surface area contributed by atoms with E-state index in [1.807, 2.05) is 0 Å². The Morgan fingerprint density at radius 1 is 1.53 bits per heavy atom. The van der Waals surface area contributed by atoms with Gasteiger partial charge in [-0.15, -0.1) is 0 Å². The van der Waals surface area contributed by atoms with Gasteiger partial charge >= 0.3 is 0 Å². The predicted molar refractivity (Wildman–Crippen MR) is 61.5 cm³/mol. The van der Waals surface area contributed by atoms with Gasteiger partial charge in [-0.3, -0.25) is 10.1 Å². The summed E-state index contributed by atoms with van der Waals surface area (Å²) in [6, 6.07) is 4.28. The van der Waals surface area contributed by atoms with Crippen LogP contribution in [0.5, 0.6) is 0 Å². The maximum absolute atomic E-state index is 10.9. The normalized spacial score (nSPS) is 10.5. The molecule has 2 aromatic rings. The van der Waals surface area contributed by atoms with Crippen molar-refractivity contribution in [2.75, 3.05) is 0 Å². The van der Waals surface area contributed by atoms with Crippen molar-refractivity contribution >= 4 is 17.3 Å². The molecule has 0 unspecified atom stereocenters. The molecule has 17 heavy (non-hydrogen) atoms. The van der Waals surface area contributed by atoms with Crippen LogP contribution in [-0.2, 0) is 6.54 Å². The smallest absolute Gasteiger partial charge is 0.283 e. The number of benzene rings is 1. The van der Waals surface area contributed by atoms with E-state index < -0.39 is 4.92 Å². The number of nitro groups is 1.